The van der Waals surface area contributed by atoms with Gasteiger partial charge in [0.2, 0.25) is 0 Å². The number of benzene rings is 2. The van der Waals surface area contributed by atoms with Crippen LogP contribution in [0.3, 0.4) is 0 Å². The van der Waals surface area contributed by atoms with Gasteiger partial charge in [-0.1, -0.05) is 30.9 Å². The van der Waals surface area contributed by atoms with Crippen molar-refractivity contribution in [3.63, 3.8) is 0 Å². The molecule has 6 heteroatoms. The number of hydrogen-bond acceptors (Lipinski definition) is 4. The quantitative estimate of drug-likeness (QED) is 0.351. The number of rotatable bonds is 8. The van der Waals surface area contributed by atoms with Crippen molar-refractivity contribution in [3.8, 4) is 28.8 Å². The summed E-state index contributed by atoms with van der Waals surface area (Å²) in [6.45, 7) is 6.32. The second-order valence-electron chi connectivity index (χ2n) is 6.37. The highest BCUT2D eigenvalue weighted by Gasteiger charge is 2.15. The van der Waals surface area contributed by atoms with Crippen molar-refractivity contribution < 1.29 is 9.53 Å². The van der Waals surface area contributed by atoms with Crippen molar-refractivity contribution in [1.29, 1.82) is 5.26 Å². The van der Waals surface area contributed by atoms with E-state index in [1.54, 1.807) is 16.8 Å². The van der Waals surface area contributed by atoms with Crippen molar-refractivity contribution in [1.82, 2.24) is 15.1 Å². The molecule has 1 aromatic heterocycles. The van der Waals surface area contributed by atoms with E-state index in [1.165, 1.54) is 0 Å². The maximum atomic E-state index is 12.2. The SMILES string of the molecule is C=CCOc1ccc(-c2nn(-c3ccccc3)cc2C=C(C#N)C(=O)NCC)cc1. The fourth-order valence-corrected chi connectivity index (χ4v) is 2.85. The van der Waals surface area contributed by atoms with Crippen molar-refractivity contribution in [2.45, 2.75) is 6.92 Å². The number of ether oxygens (including phenoxy) is 1. The molecule has 0 unspecified atom stereocenters. The lowest BCUT2D eigenvalue weighted by atomic mass is 10.1. The first-order valence-corrected chi connectivity index (χ1v) is 9.55. The molecule has 0 aliphatic carbocycles. The number of aromatic nitrogens is 2. The van der Waals surface area contributed by atoms with Crippen LogP contribution in [0.25, 0.3) is 23.0 Å². The van der Waals surface area contributed by atoms with E-state index in [9.17, 15) is 10.1 Å². The normalized spacial score (nSPS) is 10.9. The van der Waals surface area contributed by atoms with Gasteiger partial charge in [-0.3, -0.25) is 4.79 Å². The lowest BCUT2D eigenvalue weighted by Gasteiger charge is -2.05. The Hall–Kier alpha value is -4.11. The molecule has 0 bridgehead atoms. The van der Waals surface area contributed by atoms with Gasteiger partial charge in [0.1, 0.15) is 24.0 Å². The van der Waals surface area contributed by atoms with Crippen LogP contribution < -0.4 is 10.1 Å². The first-order valence-electron chi connectivity index (χ1n) is 9.55. The molecule has 2 aromatic carbocycles. The minimum absolute atomic E-state index is 0.0247. The highest BCUT2D eigenvalue weighted by molar-refractivity contribution is 6.02. The van der Waals surface area contributed by atoms with Crippen LogP contribution >= 0.6 is 0 Å². The van der Waals surface area contributed by atoms with Gasteiger partial charge in [0.15, 0.2) is 0 Å². The molecule has 0 saturated carbocycles. The predicted octanol–water partition coefficient (Wildman–Crippen LogP) is 4.15. The van der Waals surface area contributed by atoms with Crippen LogP contribution in [0.15, 0.2) is 79.0 Å². The first-order chi connectivity index (χ1) is 14.7. The summed E-state index contributed by atoms with van der Waals surface area (Å²) in [5.41, 5.74) is 3.07. The molecule has 3 rings (SSSR count). The average Bonchev–Trinajstić information content (AvgIpc) is 3.21. The second-order valence-corrected chi connectivity index (χ2v) is 6.37. The van der Waals surface area contributed by atoms with Gasteiger partial charge in [-0.15, -0.1) is 0 Å². The van der Waals surface area contributed by atoms with Gasteiger partial charge in [-0.2, -0.15) is 10.4 Å². The molecule has 0 atom stereocenters. The van der Waals surface area contributed by atoms with Crippen LogP contribution in [0.5, 0.6) is 5.75 Å². The van der Waals surface area contributed by atoms with E-state index in [-0.39, 0.29) is 5.57 Å². The number of hydrogen-bond donors (Lipinski definition) is 1. The van der Waals surface area contributed by atoms with Gasteiger partial charge in [0.25, 0.3) is 5.91 Å². The summed E-state index contributed by atoms with van der Waals surface area (Å²) in [6, 6.07) is 19.1. The van der Waals surface area contributed by atoms with E-state index in [4.69, 9.17) is 9.84 Å². The Morgan fingerprint density at radius 2 is 1.97 bits per heavy atom. The van der Waals surface area contributed by atoms with E-state index < -0.39 is 5.91 Å². The van der Waals surface area contributed by atoms with Gasteiger partial charge in [-0.05, 0) is 49.4 Å². The Morgan fingerprint density at radius 3 is 2.60 bits per heavy atom. The third-order valence-electron chi connectivity index (χ3n) is 4.26. The maximum absolute atomic E-state index is 12.2. The summed E-state index contributed by atoms with van der Waals surface area (Å²) in [6.07, 6.45) is 5.06. The van der Waals surface area contributed by atoms with E-state index in [1.807, 2.05) is 73.8 Å². The monoisotopic (exact) mass is 398 g/mol. The molecule has 30 heavy (non-hydrogen) atoms. The largest absolute Gasteiger partial charge is 0.490 e. The molecule has 1 N–H and O–H groups in total. The van der Waals surface area contributed by atoms with Crippen LogP contribution in [0.4, 0.5) is 0 Å². The number of carbonyl (C=O) groups is 1. The van der Waals surface area contributed by atoms with Crippen molar-refractivity contribution >= 4 is 12.0 Å². The number of nitrogens with one attached hydrogen (secondary N) is 1. The zero-order valence-electron chi connectivity index (χ0n) is 16.7. The summed E-state index contributed by atoms with van der Waals surface area (Å²) < 4.78 is 7.27. The van der Waals surface area contributed by atoms with Crippen LogP contribution in [0, 0.1) is 11.3 Å². The first kappa shape index (κ1) is 20.6. The predicted molar refractivity (Wildman–Crippen MR) is 117 cm³/mol. The Kier molecular flexibility index (Phi) is 6.80. The standard InChI is InChI=1S/C24H22N4O2/c1-3-14-30-22-12-10-18(11-13-22)23-20(15-19(16-25)24(29)26-4-2)17-28(27-23)21-8-6-5-7-9-21/h3,5-13,15,17H,1,4,14H2,2H3,(H,26,29). The highest BCUT2D eigenvalue weighted by Crippen LogP contribution is 2.27. The van der Waals surface area contributed by atoms with Crippen molar-refractivity contribution in [2.75, 3.05) is 13.2 Å². The number of nitrogens with zero attached hydrogens (tertiary/aromatic N) is 3. The van der Waals surface area contributed by atoms with E-state index in [2.05, 4.69) is 11.9 Å². The molecule has 1 amide bonds. The minimum Gasteiger partial charge on any atom is -0.490 e. The van der Waals surface area contributed by atoms with Crippen LogP contribution in [0.2, 0.25) is 0 Å². The third-order valence-corrected chi connectivity index (χ3v) is 4.26. The Morgan fingerprint density at radius 1 is 1.23 bits per heavy atom. The van der Waals surface area contributed by atoms with Crippen molar-refractivity contribution in [2.24, 2.45) is 0 Å². The molecule has 1 heterocycles. The lowest BCUT2D eigenvalue weighted by molar-refractivity contribution is -0.116. The number of likely N-dealkylation sites (N-methyl/N-ethyl adjacent to an activating group) is 1. The molecule has 0 saturated heterocycles. The Balaban J connectivity index is 2.06. The van der Waals surface area contributed by atoms with E-state index in [0.29, 0.717) is 24.4 Å². The molecular formula is C24H22N4O2. The summed E-state index contributed by atoms with van der Waals surface area (Å²) in [5.74, 6) is 0.310. The zero-order chi connectivity index (χ0) is 21.3. The van der Waals surface area contributed by atoms with Gasteiger partial charge in [0.05, 0.1) is 11.4 Å². The molecule has 0 aliphatic heterocycles. The summed E-state index contributed by atoms with van der Waals surface area (Å²) >= 11 is 0. The van der Waals surface area contributed by atoms with E-state index in [0.717, 1.165) is 17.0 Å². The van der Waals surface area contributed by atoms with Gasteiger partial charge >= 0.3 is 0 Å². The van der Waals surface area contributed by atoms with Crippen LogP contribution in [-0.4, -0.2) is 28.8 Å². The lowest BCUT2D eigenvalue weighted by Crippen LogP contribution is -2.23. The topological polar surface area (TPSA) is 79.9 Å². The maximum Gasteiger partial charge on any atom is 0.261 e. The van der Waals surface area contributed by atoms with E-state index >= 15 is 0 Å². The molecule has 0 spiro atoms. The smallest absolute Gasteiger partial charge is 0.261 e. The Labute approximate surface area is 175 Å². The molecule has 3 aromatic rings. The molecule has 0 radical (unpaired) electrons. The van der Waals surface area contributed by atoms with Gasteiger partial charge < -0.3 is 10.1 Å². The molecular weight excluding hydrogens is 376 g/mol. The number of nitriles is 1. The van der Waals surface area contributed by atoms with Crippen LogP contribution in [0.1, 0.15) is 12.5 Å². The molecule has 150 valence electrons. The van der Waals surface area contributed by atoms with Gasteiger partial charge in [-0.25, -0.2) is 4.68 Å². The molecule has 0 aliphatic rings. The van der Waals surface area contributed by atoms with Crippen molar-refractivity contribution in [3.05, 3.63) is 84.6 Å². The molecule has 6 nitrogen and oxygen atoms in total. The van der Waals surface area contributed by atoms with Crippen LogP contribution in [-0.2, 0) is 4.79 Å². The number of carbonyl (C=O) groups excluding carboxylic acids is 1. The summed E-state index contributed by atoms with van der Waals surface area (Å²) in [7, 11) is 0. The number of para-hydroxylation sites is 1. The minimum atomic E-state index is -0.411. The second kappa shape index (κ2) is 9.89. The highest BCUT2D eigenvalue weighted by atomic mass is 16.5. The fourth-order valence-electron chi connectivity index (χ4n) is 2.85. The Bertz CT molecular complexity index is 1090. The fraction of sp³-hybridized carbons (Fsp3) is 0.125. The zero-order valence-corrected chi connectivity index (χ0v) is 16.7. The molecule has 0 fully saturated rings. The summed E-state index contributed by atoms with van der Waals surface area (Å²) in [5, 5.41) is 16.8. The summed E-state index contributed by atoms with van der Waals surface area (Å²) in [4.78, 5) is 12.2. The third kappa shape index (κ3) is 4.83. The number of amides is 1. The van der Waals surface area contributed by atoms with Gasteiger partial charge in [0, 0.05) is 23.9 Å². The average molecular weight is 398 g/mol.